The summed E-state index contributed by atoms with van der Waals surface area (Å²) in [5.41, 5.74) is 0. The van der Waals surface area contributed by atoms with Crippen molar-refractivity contribution in [1.82, 2.24) is 9.80 Å². The zero-order valence-corrected chi connectivity index (χ0v) is 10.6. The van der Waals surface area contributed by atoms with Crippen LogP contribution in [0.15, 0.2) is 0 Å². The van der Waals surface area contributed by atoms with Gasteiger partial charge in [-0.15, -0.1) is 0 Å². The van der Waals surface area contributed by atoms with Gasteiger partial charge in [-0.1, -0.05) is 6.92 Å². The molecule has 0 aromatic carbocycles. The van der Waals surface area contributed by atoms with E-state index in [1.165, 1.54) is 45.4 Å². The van der Waals surface area contributed by atoms with Crippen LogP contribution in [0, 0.1) is 5.92 Å². The molecule has 3 heteroatoms. The van der Waals surface area contributed by atoms with E-state index < -0.39 is 0 Å². The molecule has 2 unspecified atom stereocenters. The Morgan fingerprint density at radius 3 is 2.44 bits per heavy atom. The summed E-state index contributed by atoms with van der Waals surface area (Å²) in [7, 11) is 0. The van der Waals surface area contributed by atoms with Gasteiger partial charge in [0.2, 0.25) is 0 Å². The van der Waals surface area contributed by atoms with E-state index in [9.17, 15) is 5.11 Å². The molecule has 0 aromatic rings. The molecular formula is C13H26N2O. The number of aliphatic hydroxyl groups excluding tert-OH is 1. The second-order valence-corrected chi connectivity index (χ2v) is 5.54. The van der Waals surface area contributed by atoms with Gasteiger partial charge in [-0.3, -0.25) is 0 Å². The van der Waals surface area contributed by atoms with Gasteiger partial charge >= 0.3 is 0 Å². The number of aliphatic hydroxyl groups is 1. The first-order valence-corrected chi connectivity index (χ1v) is 6.88. The molecule has 2 rings (SSSR count). The fraction of sp³-hybridized carbons (Fsp3) is 1.00. The Bertz CT molecular complexity index is 204. The normalized spacial score (nSPS) is 33.4. The number of rotatable bonds is 4. The summed E-state index contributed by atoms with van der Waals surface area (Å²) in [4.78, 5) is 5.11. The molecule has 2 aliphatic heterocycles. The maximum absolute atomic E-state index is 9.66. The van der Waals surface area contributed by atoms with Crippen LogP contribution < -0.4 is 0 Å². The molecule has 16 heavy (non-hydrogen) atoms. The maximum atomic E-state index is 9.66. The summed E-state index contributed by atoms with van der Waals surface area (Å²) >= 11 is 0. The van der Waals surface area contributed by atoms with Crippen molar-refractivity contribution in [3.05, 3.63) is 0 Å². The number of nitrogens with zero attached hydrogens (tertiary/aromatic N) is 2. The SMILES string of the molecule is CC1CN(CCCN2CCCC2)CCC1O. The van der Waals surface area contributed by atoms with Crippen LogP contribution in [0.2, 0.25) is 0 Å². The van der Waals surface area contributed by atoms with Gasteiger partial charge in [-0.25, -0.2) is 0 Å². The molecule has 3 nitrogen and oxygen atoms in total. The van der Waals surface area contributed by atoms with Gasteiger partial charge in [0.25, 0.3) is 0 Å². The van der Waals surface area contributed by atoms with Crippen LogP contribution in [0.5, 0.6) is 0 Å². The van der Waals surface area contributed by atoms with E-state index >= 15 is 0 Å². The molecule has 1 N–H and O–H groups in total. The molecule has 0 aliphatic carbocycles. The highest BCUT2D eigenvalue weighted by Crippen LogP contribution is 2.16. The van der Waals surface area contributed by atoms with Gasteiger partial charge in [0.05, 0.1) is 6.10 Å². The van der Waals surface area contributed by atoms with Crippen molar-refractivity contribution < 1.29 is 5.11 Å². The Morgan fingerprint density at radius 2 is 1.75 bits per heavy atom. The van der Waals surface area contributed by atoms with Crippen molar-refractivity contribution in [3.8, 4) is 0 Å². The zero-order valence-electron chi connectivity index (χ0n) is 10.6. The number of likely N-dealkylation sites (tertiary alicyclic amines) is 2. The lowest BCUT2D eigenvalue weighted by atomic mass is 9.97. The minimum Gasteiger partial charge on any atom is -0.393 e. The molecule has 0 spiro atoms. The lowest BCUT2D eigenvalue weighted by molar-refractivity contribution is 0.0339. The van der Waals surface area contributed by atoms with E-state index in [0.29, 0.717) is 5.92 Å². The van der Waals surface area contributed by atoms with Crippen LogP contribution in [0.1, 0.15) is 32.6 Å². The first-order chi connectivity index (χ1) is 7.75. The van der Waals surface area contributed by atoms with E-state index in [-0.39, 0.29) is 6.10 Å². The predicted octanol–water partition coefficient (Wildman–Crippen LogP) is 1.18. The Balaban J connectivity index is 1.59. The molecule has 0 saturated carbocycles. The fourth-order valence-electron chi connectivity index (χ4n) is 2.95. The van der Waals surface area contributed by atoms with Gasteiger partial charge in [0.15, 0.2) is 0 Å². The molecule has 2 aliphatic rings. The van der Waals surface area contributed by atoms with Crippen LogP contribution in [0.3, 0.4) is 0 Å². The first-order valence-electron chi connectivity index (χ1n) is 6.88. The smallest absolute Gasteiger partial charge is 0.0590 e. The average Bonchev–Trinajstić information content (AvgIpc) is 2.76. The van der Waals surface area contributed by atoms with Crippen molar-refractivity contribution in [2.45, 2.75) is 38.7 Å². The molecule has 0 amide bonds. The summed E-state index contributed by atoms with van der Waals surface area (Å²) in [5.74, 6) is 0.459. The Hall–Kier alpha value is -0.120. The highest BCUT2D eigenvalue weighted by molar-refractivity contribution is 4.77. The van der Waals surface area contributed by atoms with Gasteiger partial charge in [-0.05, 0) is 57.8 Å². The van der Waals surface area contributed by atoms with Gasteiger partial charge in [0.1, 0.15) is 0 Å². The molecule has 2 saturated heterocycles. The topological polar surface area (TPSA) is 26.7 Å². The Morgan fingerprint density at radius 1 is 1.06 bits per heavy atom. The molecular weight excluding hydrogens is 200 g/mol. The maximum Gasteiger partial charge on any atom is 0.0590 e. The van der Waals surface area contributed by atoms with Crippen LogP contribution in [-0.4, -0.2) is 60.3 Å². The zero-order chi connectivity index (χ0) is 11.4. The van der Waals surface area contributed by atoms with Crippen molar-refractivity contribution in [3.63, 3.8) is 0 Å². The van der Waals surface area contributed by atoms with Crippen molar-refractivity contribution in [2.24, 2.45) is 5.92 Å². The highest BCUT2D eigenvalue weighted by atomic mass is 16.3. The molecule has 0 aromatic heterocycles. The Kier molecular flexibility index (Phi) is 4.62. The predicted molar refractivity (Wildman–Crippen MR) is 66.5 cm³/mol. The number of hydrogen-bond donors (Lipinski definition) is 1. The molecule has 0 radical (unpaired) electrons. The third-order valence-electron chi connectivity index (χ3n) is 4.09. The quantitative estimate of drug-likeness (QED) is 0.779. The summed E-state index contributed by atoms with van der Waals surface area (Å²) in [6.45, 7) is 9.45. The first kappa shape index (κ1) is 12.3. The minimum absolute atomic E-state index is 0.0603. The van der Waals surface area contributed by atoms with Crippen LogP contribution in [-0.2, 0) is 0 Å². The molecule has 94 valence electrons. The third-order valence-corrected chi connectivity index (χ3v) is 4.09. The molecule has 0 bridgehead atoms. The lowest BCUT2D eigenvalue weighted by Gasteiger charge is -2.34. The van der Waals surface area contributed by atoms with E-state index in [1.54, 1.807) is 0 Å². The van der Waals surface area contributed by atoms with Gasteiger partial charge in [0, 0.05) is 13.1 Å². The number of piperidine rings is 1. The van der Waals surface area contributed by atoms with E-state index in [1.807, 2.05) is 0 Å². The lowest BCUT2D eigenvalue weighted by Crippen LogP contribution is -2.42. The summed E-state index contributed by atoms with van der Waals surface area (Å²) < 4.78 is 0. The van der Waals surface area contributed by atoms with Crippen LogP contribution >= 0.6 is 0 Å². The molecule has 2 atom stereocenters. The summed E-state index contributed by atoms with van der Waals surface area (Å²) in [5, 5.41) is 9.66. The van der Waals surface area contributed by atoms with Crippen molar-refractivity contribution in [1.29, 1.82) is 0 Å². The monoisotopic (exact) mass is 226 g/mol. The largest absolute Gasteiger partial charge is 0.393 e. The molecule has 2 fully saturated rings. The van der Waals surface area contributed by atoms with Crippen molar-refractivity contribution >= 4 is 0 Å². The van der Waals surface area contributed by atoms with Crippen LogP contribution in [0.4, 0.5) is 0 Å². The van der Waals surface area contributed by atoms with E-state index in [0.717, 1.165) is 19.5 Å². The minimum atomic E-state index is -0.0603. The summed E-state index contributed by atoms with van der Waals surface area (Å²) in [6.07, 6.45) is 4.99. The Labute approximate surface area is 99.4 Å². The average molecular weight is 226 g/mol. The second kappa shape index (κ2) is 5.99. The van der Waals surface area contributed by atoms with E-state index in [4.69, 9.17) is 0 Å². The van der Waals surface area contributed by atoms with Crippen molar-refractivity contribution in [2.75, 3.05) is 39.3 Å². The highest BCUT2D eigenvalue weighted by Gasteiger charge is 2.23. The third kappa shape index (κ3) is 3.44. The number of hydrogen-bond acceptors (Lipinski definition) is 3. The summed E-state index contributed by atoms with van der Waals surface area (Å²) in [6, 6.07) is 0. The fourth-order valence-corrected chi connectivity index (χ4v) is 2.95. The second-order valence-electron chi connectivity index (χ2n) is 5.54. The van der Waals surface area contributed by atoms with Crippen LogP contribution in [0.25, 0.3) is 0 Å². The van der Waals surface area contributed by atoms with E-state index in [2.05, 4.69) is 16.7 Å². The van der Waals surface area contributed by atoms with Gasteiger partial charge < -0.3 is 14.9 Å². The standard InChI is InChI=1S/C13H26N2O/c1-12-11-15(10-5-13(12)16)9-4-8-14-6-2-3-7-14/h12-13,16H,2-11H2,1H3. The van der Waals surface area contributed by atoms with Gasteiger partial charge in [-0.2, -0.15) is 0 Å². The molecule has 2 heterocycles.